The third-order valence-corrected chi connectivity index (χ3v) is 4.11. The van der Waals surface area contributed by atoms with Gasteiger partial charge in [-0.2, -0.15) is 5.26 Å². The maximum Gasteiger partial charge on any atom is 0.119 e. The molecule has 0 amide bonds. The summed E-state index contributed by atoms with van der Waals surface area (Å²) in [5, 5.41) is 10.4. The lowest BCUT2D eigenvalue weighted by molar-refractivity contribution is 0.300. The largest absolute Gasteiger partial charge is 0.492 e. The van der Waals surface area contributed by atoms with Gasteiger partial charge in [-0.1, -0.05) is 42.8 Å². The SMILES string of the molecule is CCc1cccc2c(C#N)cn(CCOc3ccc(C)cc3)c12. The highest BCUT2D eigenvalue weighted by Gasteiger charge is 2.11. The van der Waals surface area contributed by atoms with E-state index >= 15 is 0 Å². The molecular weight excluding hydrogens is 284 g/mol. The highest BCUT2D eigenvalue weighted by atomic mass is 16.5. The molecule has 2 aromatic carbocycles. The fourth-order valence-electron chi connectivity index (χ4n) is 2.88. The number of benzene rings is 2. The molecule has 1 aromatic heterocycles. The third kappa shape index (κ3) is 3.07. The maximum atomic E-state index is 9.35. The molecule has 0 saturated heterocycles. The number of rotatable bonds is 5. The van der Waals surface area contributed by atoms with Crippen molar-refractivity contribution in [3.8, 4) is 11.8 Å². The van der Waals surface area contributed by atoms with E-state index in [1.165, 1.54) is 11.1 Å². The van der Waals surface area contributed by atoms with E-state index in [2.05, 4.69) is 30.6 Å². The van der Waals surface area contributed by atoms with E-state index in [1.54, 1.807) is 0 Å². The Morgan fingerprint density at radius 2 is 1.91 bits per heavy atom. The average Bonchev–Trinajstić information content (AvgIpc) is 2.95. The van der Waals surface area contributed by atoms with Crippen LogP contribution in [0.3, 0.4) is 0 Å². The lowest BCUT2D eigenvalue weighted by Crippen LogP contribution is -2.08. The van der Waals surface area contributed by atoms with Gasteiger partial charge in [0.05, 0.1) is 17.6 Å². The first-order valence-electron chi connectivity index (χ1n) is 7.93. The normalized spacial score (nSPS) is 10.7. The summed E-state index contributed by atoms with van der Waals surface area (Å²) in [6.07, 6.45) is 2.88. The van der Waals surface area contributed by atoms with Crippen molar-refractivity contribution in [2.45, 2.75) is 26.8 Å². The average molecular weight is 304 g/mol. The summed E-state index contributed by atoms with van der Waals surface area (Å²) in [6, 6.07) is 16.5. The van der Waals surface area contributed by atoms with Gasteiger partial charge in [-0.3, -0.25) is 0 Å². The summed E-state index contributed by atoms with van der Waals surface area (Å²) < 4.78 is 7.97. The van der Waals surface area contributed by atoms with Crippen molar-refractivity contribution in [1.82, 2.24) is 4.57 Å². The van der Waals surface area contributed by atoms with E-state index in [0.717, 1.165) is 35.2 Å². The summed E-state index contributed by atoms with van der Waals surface area (Å²) in [6.45, 7) is 5.51. The first-order valence-corrected chi connectivity index (χ1v) is 7.93. The van der Waals surface area contributed by atoms with Crippen LogP contribution in [0.2, 0.25) is 0 Å². The van der Waals surface area contributed by atoms with Gasteiger partial charge >= 0.3 is 0 Å². The molecule has 3 rings (SSSR count). The highest BCUT2D eigenvalue weighted by Crippen LogP contribution is 2.25. The number of hydrogen-bond donors (Lipinski definition) is 0. The van der Waals surface area contributed by atoms with Gasteiger partial charge in [-0.15, -0.1) is 0 Å². The van der Waals surface area contributed by atoms with Crippen molar-refractivity contribution in [3.05, 3.63) is 65.4 Å². The summed E-state index contributed by atoms with van der Waals surface area (Å²) in [7, 11) is 0. The molecule has 0 fully saturated rings. The summed E-state index contributed by atoms with van der Waals surface area (Å²) >= 11 is 0. The lowest BCUT2D eigenvalue weighted by atomic mass is 10.1. The topological polar surface area (TPSA) is 38.0 Å². The first kappa shape index (κ1) is 15.2. The molecule has 0 atom stereocenters. The smallest absolute Gasteiger partial charge is 0.119 e. The van der Waals surface area contributed by atoms with E-state index < -0.39 is 0 Å². The van der Waals surface area contributed by atoms with E-state index in [4.69, 9.17) is 4.74 Å². The van der Waals surface area contributed by atoms with Crippen LogP contribution in [0, 0.1) is 18.3 Å². The number of aryl methyl sites for hydroxylation is 2. The zero-order valence-electron chi connectivity index (χ0n) is 13.5. The second-order valence-corrected chi connectivity index (χ2v) is 5.68. The standard InChI is InChI=1S/C20H20N2O/c1-3-16-5-4-6-19-17(13-21)14-22(20(16)19)11-12-23-18-9-7-15(2)8-10-18/h4-10,14H,3,11-12H2,1-2H3. The molecule has 3 heteroatoms. The Balaban J connectivity index is 1.82. The zero-order valence-corrected chi connectivity index (χ0v) is 13.5. The van der Waals surface area contributed by atoms with Crippen LogP contribution in [0.15, 0.2) is 48.7 Å². The van der Waals surface area contributed by atoms with Crippen LogP contribution >= 0.6 is 0 Å². The molecule has 0 aliphatic carbocycles. The number of ether oxygens (including phenoxy) is 1. The zero-order chi connectivity index (χ0) is 16.2. The van der Waals surface area contributed by atoms with Gasteiger partial charge in [0, 0.05) is 11.6 Å². The number of para-hydroxylation sites is 1. The Morgan fingerprint density at radius 3 is 2.61 bits per heavy atom. The Labute approximate surface area is 136 Å². The van der Waals surface area contributed by atoms with Crippen LogP contribution in [0.1, 0.15) is 23.6 Å². The van der Waals surface area contributed by atoms with Gasteiger partial charge in [-0.05, 0) is 31.0 Å². The Morgan fingerprint density at radius 1 is 1.13 bits per heavy atom. The van der Waals surface area contributed by atoms with Gasteiger partial charge in [0.15, 0.2) is 0 Å². The molecule has 0 bridgehead atoms. The Kier molecular flexibility index (Phi) is 4.34. The van der Waals surface area contributed by atoms with Crippen molar-refractivity contribution < 1.29 is 4.74 Å². The van der Waals surface area contributed by atoms with Crippen molar-refractivity contribution in [2.75, 3.05) is 6.61 Å². The second kappa shape index (κ2) is 6.58. The van der Waals surface area contributed by atoms with Crippen LogP contribution in [0.5, 0.6) is 5.75 Å². The highest BCUT2D eigenvalue weighted by molar-refractivity contribution is 5.89. The molecule has 0 spiro atoms. The van der Waals surface area contributed by atoms with Crippen LogP contribution in [0.4, 0.5) is 0 Å². The molecular formula is C20H20N2O. The molecule has 116 valence electrons. The maximum absolute atomic E-state index is 9.35. The Bertz CT molecular complexity index is 854. The van der Waals surface area contributed by atoms with Crippen LogP contribution < -0.4 is 4.74 Å². The van der Waals surface area contributed by atoms with E-state index in [9.17, 15) is 5.26 Å². The molecule has 0 aliphatic heterocycles. The van der Waals surface area contributed by atoms with E-state index in [0.29, 0.717) is 6.61 Å². The molecule has 1 heterocycles. The van der Waals surface area contributed by atoms with Crippen LogP contribution in [-0.2, 0) is 13.0 Å². The van der Waals surface area contributed by atoms with Crippen molar-refractivity contribution in [1.29, 1.82) is 5.26 Å². The predicted molar refractivity (Wildman–Crippen MR) is 92.7 cm³/mol. The van der Waals surface area contributed by atoms with Gasteiger partial charge in [0.25, 0.3) is 0 Å². The van der Waals surface area contributed by atoms with E-state index in [-0.39, 0.29) is 0 Å². The number of aromatic nitrogens is 1. The molecule has 0 radical (unpaired) electrons. The molecule has 0 N–H and O–H groups in total. The van der Waals surface area contributed by atoms with Gasteiger partial charge in [0.2, 0.25) is 0 Å². The molecule has 23 heavy (non-hydrogen) atoms. The second-order valence-electron chi connectivity index (χ2n) is 5.68. The minimum absolute atomic E-state index is 0.579. The van der Waals surface area contributed by atoms with Crippen LogP contribution in [0.25, 0.3) is 10.9 Å². The quantitative estimate of drug-likeness (QED) is 0.698. The summed E-state index contributed by atoms with van der Waals surface area (Å²) in [5.74, 6) is 0.878. The molecule has 0 saturated carbocycles. The number of nitrogens with zero attached hydrogens (tertiary/aromatic N) is 2. The molecule has 0 aliphatic rings. The number of nitriles is 1. The summed E-state index contributed by atoms with van der Waals surface area (Å²) in [4.78, 5) is 0. The Hall–Kier alpha value is -2.73. The third-order valence-electron chi connectivity index (χ3n) is 4.11. The van der Waals surface area contributed by atoms with Crippen molar-refractivity contribution in [2.24, 2.45) is 0 Å². The first-order chi connectivity index (χ1) is 11.2. The monoisotopic (exact) mass is 304 g/mol. The van der Waals surface area contributed by atoms with Crippen LogP contribution in [-0.4, -0.2) is 11.2 Å². The number of fused-ring (bicyclic) bond motifs is 1. The fraction of sp³-hybridized carbons (Fsp3) is 0.250. The van der Waals surface area contributed by atoms with Crippen molar-refractivity contribution in [3.63, 3.8) is 0 Å². The minimum Gasteiger partial charge on any atom is -0.492 e. The van der Waals surface area contributed by atoms with Gasteiger partial charge in [-0.25, -0.2) is 0 Å². The van der Waals surface area contributed by atoms with E-state index in [1.807, 2.05) is 42.6 Å². The molecule has 3 aromatic rings. The minimum atomic E-state index is 0.579. The fourth-order valence-corrected chi connectivity index (χ4v) is 2.88. The molecule has 0 unspecified atom stereocenters. The predicted octanol–water partition coefficient (Wildman–Crippen LogP) is 4.46. The number of hydrogen-bond acceptors (Lipinski definition) is 2. The summed E-state index contributed by atoms with van der Waals surface area (Å²) in [5.41, 5.74) is 4.36. The van der Waals surface area contributed by atoms with Gasteiger partial charge in [0.1, 0.15) is 18.4 Å². The van der Waals surface area contributed by atoms with Gasteiger partial charge < -0.3 is 9.30 Å². The molecule has 3 nitrogen and oxygen atoms in total. The van der Waals surface area contributed by atoms with Crippen molar-refractivity contribution >= 4 is 10.9 Å². The lowest BCUT2D eigenvalue weighted by Gasteiger charge is -2.10.